The van der Waals surface area contributed by atoms with Gasteiger partial charge in [-0.2, -0.15) is 0 Å². The lowest BCUT2D eigenvalue weighted by molar-refractivity contribution is 0.397. The van der Waals surface area contributed by atoms with Crippen LogP contribution in [0.3, 0.4) is 0 Å². The summed E-state index contributed by atoms with van der Waals surface area (Å²) in [6.07, 6.45) is 3.46. The summed E-state index contributed by atoms with van der Waals surface area (Å²) in [4.78, 5) is 3.99. The van der Waals surface area contributed by atoms with Crippen LogP contribution in [0.15, 0.2) is 54.9 Å². The SMILES string of the molecule is CC(N)(c1ccccc1)C(N)c1ccncc1. The Morgan fingerprint density at radius 3 is 2.24 bits per heavy atom. The molecule has 1 aromatic heterocycles. The normalized spacial score (nSPS) is 16.2. The summed E-state index contributed by atoms with van der Waals surface area (Å²) in [5.41, 5.74) is 14.1. The highest BCUT2D eigenvalue weighted by atomic mass is 14.8. The van der Waals surface area contributed by atoms with E-state index in [4.69, 9.17) is 11.5 Å². The van der Waals surface area contributed by atoms with E-state index in [0.29, 0.717) is 0 Å². The molecule has 0 aliphatic carbocycles. The van der Waals surface area contributed by atoms with Gasteiger partial charge in [0.1, 0.15) is 0 Å². The second kappa shape index (κ2) is 4.65. The Morgan fingerprint density at radius 2 is 1.65 bits per heavy atom. The molecule has 0 saturated carbocycles. The first-order valence-electron chi connectivity index (χ1n) is 5.62. The van der Waals surface area contributed by atoms with Crippen molar-refractivity contribution in [1.29, 1.82) is 0 Å². The van der Waals surface area contributed by atoms with Crippen molar-refractivity contribution < 1.29 is 0 Å². The fraction of sp³-hybridized carbons (Fsp3) is 0.214. The summed E-state index contributed by atoms with van der Waals surface area (Å²) in [7, 11) is 0. The molecule has 2 atom stereocenters. The first-order valence-corrected chi connectivity index (χ1v) is 5.62. The van der Waals surface area contributed by atoms with Crippen LogP contribution in [0.4, 0.5) is 0 Å². The number of hydrogen-bond donors (Lipinski definition) is 2. The predicted molar refractivity (Wildman–Crippen MR) is 69.1 cm³/mol. The van der Waals surface area contributed by atoms with Crippen molar-refractivity contribution in [3.8, 4) is 0 Å². The number of aromatic nitrogens is 1. The minimum Gasteiger partial charge on any atom is -0.322 e. The molecule has 3 heteroatoms. The van der Waals surface area contributed by atoms with E-state index >= 15 is 0 Å². The maximum absolute atomic E-state index is 6.37. The van der Waals surface area contributed by atoms with Crippen molar-refractivity contribution in [3.05, 3.63) is 66.0 Å². The molecule has 0 aliphatic heterocycles. The van der Waals surface area contributed by atoms with Gasteiger partial charge in [0.15, 0.2) is 0 Å². The third-order valence-electron chi connectivity index (χ3n) is 3.11. The van der Waals surface area contributed by atoms with Crippen LogP contribution in [-0.2, 0) is 5.54 Å². The molecule has 0 bridgehead atoms. The molecule has 0 fully saturated rings. The molecule has 0 radical (unpaired) electrons. The Bertz CT molecular complexity index is 465. The molecule has 1 heterocycles. The van der Waals surface area contributed by atoms with E-state index in [1.54, 1.807) is 12.4 Å². The molecule has 17 heavy (non-hydrogen) atoms. The summed E-state index contributed by atoms with van der Waals surface area (Å²) in [6.45, 7) is 1.95. The van der Waals surface area contributed by atoms with E-state index in [-0.39, 0.29) is 6.04 Å². The number of benzene rings is 1. The molecule has 0 amide bonds. The van der Waals surface area contributed by atoms with E-state index in [1.807, 2.05) is 49.4 Å². The Labute approximate surface area is 101 Å². The Morgan fingerprint density at radius 1 is 1.06 bits per heavy atom. The topological polar surface area (TPSA) is 64.9 Å². The van der Waals surface area contributed by atoms with Gasteiger partial charge in [-0.25, -0.2) is 0 Å². The molecule has 0 saturated heterocycles. The van der Waals surface area contributed by atoms with Gasteiger partial charge in [0.25, 0.3) is 0 Å². The molecule has 1 aromatic carbocycles. The molecule has 2 rings (SSSR count). The third kappa shape index (κ3) is 2.35. The van der Waals surface area contributed by atoms with Gasteiger partial charge in [-0.15, -0.1) is 0 Å². The van der Waals surface area contributed by atoms with Crippen molar-refractivity contribution in [2.24, 2.45) is 11.5 Å². The van der Waals surface area contributed by atoms with E-state index in [9.17, 15) is 0 Å². The minimum absolute atomic E-state index is 0.257. The summed E-state index contributed by atoms with van der Waals surface area (Å²) >= 11 is 0. The van der Waals surface area contributed by atoms with Crippen LogP contribution in [-0.4, -0.2) is 4.98 Å². The van der Waals surface area contributed by atoms with Crippen LogP contribution in [0.1, 0.15) is 24.1 Å². The van der Waals surface area contributed by atoms with Crippen molar-refractivity contribution >= 4 is 0 Å². The number of hydrogen-bond acceptors (Lipinski definition) is 3. The number of nitrogens with zero attached hydrogens (tertiary/aromatic N) is 1. The Balaban J connectivity index is 2.33. The number of nitrogens with two attached hydrogens (primary N) is 2. The van der Waals surface area contributed by atoms with Crippen molar-refractivity contribution in [3.63, 3.8) is 0 Å². The standard InChI is InChI=1S/C14H17N3/c1-14(16,12-5-3-2-4-6-12)13(15)11-7-9-17-10-8-11/h2-10,13H,15-16H2,1H3. The molecular formula is C14H17N3. The van der Waals surface area contributed by atoms with Gasteiger partial charge in [-0.3, -0.25) is 4.98 Å². The van der Waals surface area contributed by atoms with Crippen LogP contribution in [0, 0.1) is 0 Å². The molecule has 88 valence electrons. The van der Waals surface area contributed by atoms with E-state index in [1.165, 1.54) is 0 Å². The fourth-order valence-electron chi connectivity index (χ4n) is 1.89. The number of pyridine rings is 1. The second-order valence-corrected chi connectivity index (χ2v) is 4.41. The van der Waals surface area contributed by atoms with Crippen LogP contribution >= 0.6 is 0 Å². The maximum atomic E-state index is 6.37. The quantitative estimate of drug-likeness (QED) is 0.842. The molecule has 2 aromatic rings. The van der Waals surface area contributed by atoms with Crippen LogP contribution < -0.4 is 11.5 Å². The average molecular weight is 227 g/mol. The monoisotopic (exact) mass is 227 g/mol. The zero-order valence-electron chi connectivity index (χ0n) is 9.88. The van der Waals surface area contributed by atoms with Gasteiger partial charge in [0, 0.05) is 12.4 Å². The third-order valence-corrected chi connectivity index (χ3v) is 3.11. The van der Waals surface area contributed by atoms with Gasteiger partial charge in [0.05, 0.1) is 11.6 Å². The lowest BCUT2D eigenvalue weighted by Gasteiger charge is -2.32. The maximum Gasteiger partial charge on any atom is 0.0576 e. The summed E-state index contributed by atoms with van der Waals surface area (Å²) in [5.74, 6) is 0. The fourth-order valence-corrected chi connectivity index (χ4v) is 1.89. The van der Waals surface area contributed by atoms with Gasteiger partial charge in [0.2, 0.25) is 0 Å². The molecule has 0 aliphatic rings. The average Bonchev–Trinajstić information content (AvgIpc) is 2.40. The zero-order chi connectivity index (χ0) is 12.3. The highest BCUT2D eigenvalue weighted by Gasteiger charge is 2.30. The molecule has 0 spiro atoms. The lowest BCUT2D eigenvalue weighted by atomic mass is 9.83. The largest absolute Gasteiger partial charge is 0.322 e. The Hall–Kier alpha value is -1.71. The van der Waals surface area contributed by atoms with Crippen LogP contribution in [0.25, 0.3) is 0 Å². The second-order valence-electron chi connectivity index (χ2n) is 4.41. The van der Waals surface area contributed by atoms with Gasteiger partial charge < -0.3 is 11.5 Å². The summed E-state index contributed by atoms with van der Waals surface area (Å²) < 4.78 is 0. The minimum atomic E-state index is -0.595. The summed E-state index contributed by atoms with van der Waals surface area (Å²) in [6, 6.07) is 13.5. The highest BCUT2D eigenvalue weighted by molar-refractivity contribution is 5.30. The first kappa shape index (κ1) is 11.8. The zero-order valence-corrected chi connectivity index (χ0v) is 9.88. The first-order chi connectivity index (χ1) is 8.12. The molecule has 3 nitrogen and oxygen atoms in total. The van der Waals surface area contributed by atoms with Crippen LogP contribution in [0.2, 0.25) is 0 Å². The van der Waals surface area contributed by atoms with Crippen LogP contribution in [0.5, 0.6) is 0 Å². The number of rotatable bonds is 3. The van der Waals surface area contributed by atoms with Crippen molar-refractivity contribution in [2.75, 3.05) is 0 Å². The van der Waals surface area contributed by atoms with Crippen molar-refractivity contribution in [1.82, 2.24) is 4.98 Å². The van der Waals surface area contributed by atoms with E-state index < -0.39 is 5.54 Å². The molecule has 4 N–H and O–H groups in total. The van der Waals surface area contributed by atoms with E-state index in [0.717, 1.165) is 11.1 Å². The Kier molecular flexibility index (Phi) is 3.22. The summed E-state index contributed by atoms with van der Waals surface area (Å²) in [5, 5.41) is 0. The van der Waals surface area contributed by atoms with Gasteiger partial charge >= 0.3 is 0 Å². The van der Waals surface area contributed by atoms with Gasteiger partial charge in [-0.1, -0.05) is 30.3 Å². The van der Waals surface area contributed by atoms with E-state index in [2.05, 4.69) is 4.98 Å². The molecular weight excluding hydrogens is 210 g/mol. The predicted octanol–water partition coefficient (Wildman–Crippen LogP) is 1.96. The highest BCUT2D eigenvalue weighted by Crippen LogP contribution is 2.30. The smallest absolute Gasteiger partial charge is 0.0576 e. The van der Waals surface area contributed by atoms with Gasteiger partial charge in [-0.05, 0) is 30.2 Å². The lowest BCUT2D eigenvalue weighted by Crippen LogP contribution is -2.44. The molecule has 2 unspecified atom stereocenters. The van der Waals surface area contributed by atoms with Crippen molar-refractivity contribution in [2.45, 2.75) is 18.5 Å².